The number of hydrogen-bond donors (Lipinski definition) is 1. The summed E-state index contributed by atoms with van der Waals surface area (Å²) in [5.74, 6) is 0. The molecule has 0 amide bonds. The summed E-state index contributed by atoms with van der Waals surface area (Å²) in [6.07, 6.45) is 4.44. The van der Waals surface area contributed by atoms with Gasteiger partial charge >= 0.3 is 0 Å². The highest BCUT2D eigenvalue weighted by Gasteiger charge is 2.21. The molecule has 0 fully saturated rings. The van der Waals surface area contributed by atoms with E-state index in [4.69, 9.17) is 5.11 Å². The van der Waals surface area contributed by atoms with Gasteiger partial charge in [-0.15, -0.1) is 0 Å². The third-order valence-electron chi connectivity index (χ3n) is 3.47. The predicted molar refractivity (Wildman–Crippen MR) is 67.9 cm³/mol. The highest BCUT2D eigenvalue weighted by molar-refractivity contribution is 5.56. The molecule has 0 bridgehead atoms. The number of fused-ring (bicyclic) bond motifs is 1. The number of aryl methyl sites for hydroxylation is 1. The Kier molecular flexibility index (Phi) is 3.83. The molecule has 1 aromatic rings. The molecule has 1 aliphatic heterocycles. The van der Waals surface area contributed by atoms with Gasteiger partial charge in [-0.2, -0.15) is 0 Å². The van der Waals surface area contributed by atoms with Gasteiger partial charge in [0.15, 0.2) is 0 Å². The van der Waals surface area contributed by atoms with E-state index in [9.17, 15) is 0 Å². The molecule has 1 atom stereocenters. The van der Waals surface area contributed by atoms with Crippen molar-refractivity contribution in [1.82, 2.24) is 0 Å². The van der Waals surface area contributed by atoms with Gasteiger partial charge in [0.25, 0.3) is 0 Å². The van der Waals surface area contributed by atoms with Crippen molar-refractivity contribution < 1.29 is 5.11 Å². The molecule has 0 aromatic heterocycles. The second-order valence-electron chi connectivity index (χ2n) is 4.64. The van der Waals surface area contributed by atoms with Gasteiger partial charge in [0, 0.05) is 24.9 Å². The zero-order valence-corrected chi connectivity index (χ0v) is 10.0. The maximum absolute atomic E-state index is 8.84. The molecule has 0 radical (unpaired) electrons. The maximum atomic E-state index is 8.84. The van der Waals surface area contributed by atoms with Crippen LogP contribution in [0.15, 0.2) is 24.3 Å². The number of rotatable bonds is 4. The zero-order valence-electron chi connectivity index (χ0n) is 10.0. The Balaban J connectivity index is 2.10. The summed E-state index contributed by atoms with van der Waals surface area (Å²) < 4.78 is 0. The largest absolute Gasteiger partial charge is 0.396 e. The lowest BCUT2D eigenvalue weighted by molar-refractivity contribution is 0.284. The third kappa shape index (κ3) is 2.38. The molecule has 0 saturated heterocycles. The third-order valence-corrected chi connectivity index (χ3v) is 3.47. The summed E-state index contributed by atoms with van der Waals surface area (Å²) in [7, 11) is 0. The fourth-order valence-electron chi connectivity index (χ4n) is 2.49. The molecule has 88 valence electrons. The fourth-order valence-corrected chi connectivity index (χ4v) is 2.49. The van der Waals surface area contributed by atoms with Gasteiger partial charge in [0.05, 0.1) is 0 Å². The summed E-state index contributed by atoms with van der Waals surface area (Å²) in [6, 6.07) is 9.34. The van der Waals surface area contributed by atoms with Gasteiger partial charge in [-0.3, -0.25) is 0 Å². The lowest BCUT2D eigenvalue weighted by Gasteiger charge is -2.37. The van der Waals surface area contributed by atoms with Crippen LogP contribution in [0.5, 0.6) is 0 Å². The smallest absolute Gasteiger partial charge is 0.0431 e. The van der Waals surface area contributed by atoms with Gasteiger partial charge in [0.1, 0.15) is 0 Å². The molecule has 0 spiro atoms. The second-order valence-corrected chi connectivity index (χ2v) is 4.64. The molecule has 2 rings (SSSR count). The lowest BCUT2D eigenvalue weighted by Crippen LogP contribution is -2.38. The van der Waals surface area contributed by atoms with Crippen molar-refractivity contribution in [2.45, 2.75) is 38.6 Å². The molecule has 0 aliphatic carbocycles. The first kappa shape index (κ1) is 11.5. The van der Waals surface area contributed by atoms with Gasteiger partial charge in [-0.25, -0.2) is 0 Å². The van der Waals surface area contributed by atoms with Crippen LogP contribution in [0.1, 0.15) is 31.7 Å². The van der Waals surface area contributed by atoms with Crippen LogP contribution in [0.2, 0.25) is 0 Å². The van der Waals surface area contributed by atoms with Crippen molar-refractivity contribution in [3.05, 3.63) is 29.8 Å². The van der Waals surface area contributed by atoms with Crippen molar-refractivity contribution in [1.29, 1.82) is 0 Å². The summed E-state index contributed by atoms with van der Waals surface area (Å²) in [5, 5.41) is 8.84. The molecule has 1 aliphatic rings. The lowest BCUT2D eigenvalue weighted by atomic mass is 9.96. The van der Waals surface area contributed by atoms with Crippen LogP contribution >= 0.6 is 0 Å². The Hall–Kier alpha value is -1.02. The standard InChI is InChI=1S/C14H21NO/c1-12-8-9-13-6-2-3-7-14(13)15(12)10-4-5-11-16/h2-3,6-7,12,16H,4-5,8-11H2,1H3. The number of aliphatic hydroxyl groups is 1. The Labute approximate surface area is 97.9 Å². The molecule has 2 heteroatoms. The summed E-state index contributed by atoms with van der Waals surface area (Å²) in [5.41, 5.74) is 2.88. The molecular formula is C14H21NO. The SMILES string of the molecule is CC1CCc2ccccc2N1CCCCO. The number of para-hydroxylation sites is 1. The first-order chi connectivity index (χ1) is 7.83. The predicted octanol–water partition coefficient (Wildman–Crippen LogP) is 2.60. The topological polar surface area (TPSA) is 23.5 Å². The minimum Gasteiger partial charge on any atom is -0.396 e. The van der Waals surface area contributed by atoms with Crippen LogP contribution in [-0.4, -0.2) is 24.3 Å². The monoisotopic (exact) mass is 219 g/mol. The number of anilines is 1. The Morgan fingerprint density at radius 3 is 2.94 bits per heavy atom. The van der Waals surface area contributed by atoms with Crippen molar-refractivity contribution in [3.8, 4) is 0 Å². The van der Waals surface area contributed by atoms with Crippen molar-refractivity contribution >= 4 is 5.69 Å². The number of benzene rings is 1. The maximum Gasteiger partial charge on any atom is 0.0431 e. The number of hydrogen-bond acceptors (Lipinski definition) is 2. The van der Waals surface area contributed by atoms with Crippen LogP contribution in [0.4, 0.5) is 5.69 Å². The van der Waals surface area contributed by atoms with E-state index in [1.807, 2.05) is 0 Å². The van der Waals surface area contributed by atoms with E-state index in [2.05, 4.69) is 36.1 Å². The molecule has 16 heavy (non-hydrogen) atoms. The fraction of sp³-hybridized carbons (Fsp3) is 0.571. The van der Waals surface area contributed by atoms with E-state index in [1.165, 1.54) is 24.1 Å². The number of aliphatic hydroxyl groups excluding tert-OH is 1. The average Bonchev–Trinajstić information content (AvgIpc) is 2.32. The molecule has 1 unspecified atom stereocenters. The Bertz CT molecular complexity index is 337. The summed E-state index contributed by atoms with van der Waals surface area (Å²) >= 11 is 0. The van der Waals surface area contributed by atoms with E-state index >= 15 is 0 Å². The highest BCUT2D eigenvalue weighted by atomic mass is 16.2. The van der Waals surface area contributed by atoms with Crippen molar-refractivity contribution in [2.24, 2.45) is 0 Å². The Morgan fingerprint density at radius 2 is 2.12 bits per heavy atom. The van der Waals surface area contributed by atoms with E-state index in [0.717, 1.165) is 19.4 Å². The Morgan fingerprint density at radius 1 is 1.31 bits per heavy atom. The van der Waals surface area contributed by atoms with E-state index < -0.39 is 0 Å². The molecular weight excluding hydrogens is 198 g/mol. The molecule has 1 N–H and O–H groups in total. The zero-order chi connectivity index (χ0) is 11.4. The normalized spacial score (nSPS) is 19.6. The summed E-state index contributed by atoms with van der Waals surface area (Å²) in [4.78, 5) is 2.49. The average molecular weight is 219 g/mol. The van der Waals surface area contributed by atoms with Crippen molar-refractivity contribution in [2.75, 3.05) is 18.1 Å². The van der Waals surface area contributed by atoms with Gasteiger partial charge in [-0.05, 0) is 44.2 Å². The summed E-state index contributed by atoms with van der Waals surface area (Å²) in [6.45, 7) is 3.68. The molecule has 2 nitrogen and oxygen atoms in total. The van der Waals surface area contributed by atoms with Gasteiger partial charge in [-0.1, -0.05) is 18.2 Å². The van der Waals surface area contributed by atoms with E-state index in [1.54, 1.807) is 0 Å². The highest BCUT2D eigenvalue weighted by Crippen LogP contribution is 2.30. The van der Waals surface area contributed by atoms with Crippen LogP contribution in [-0.2, 0) is 6.42 Å². The van der Waals surface area contributed by atoms with E-state index in [-0.39, 0.29) is 0 Å². The minimum atomic E-state index is 0.309. The quantitative estimate of drug-likeness (QED) is 0.787. The molecule has 1 heterocycles. The number of unbranched alkanes of at least 4 members (excludes halogenated alkanes) is 1. The van der Waals surface area contributed by atoms with Gasteiger partial charge in [0.2, 0.25) is 0 Å². The minimum absolute atomic E-state index is 0.309. The van der Waals surface area contributed by atoms with Gasteiger partial charge < -0.3 is 10.0 Å². The van der Waals surface area contributed by atoms with Crippen LogP contribution in [0.25, 0.3) is 0 Å². The van der Waals surface area contributed by atoms with Crippen LogP contribution in [0, 0.1) is 0 Å². The van der Waals surface area contributed by atoms with Crippen LogP contribution in [0.3, 0.4) is 0 Å². The molecule has 0 saturated carbocycles. The number of nitrogens with zero attached hydrogens (tertiary/aromatic N) is 1. The second kappa shape index (κ2) is 5.35. The molecule has 1 aromatic carbocycles. The van der Waals surface area contributed by atoms with Crippen LogP contribution < -0.4 is 4.90 Å². The van der Waals surface area contributed by atoms with Crippen molar-refractivity contribution in [3.63, 3.8) is 0 Å². The van der Waals surface area contributed by atoms with E-state index in [0.29, 0.717) is 12.6 Å². The first-order valence-corrected chi connectivity index (χ1v) is 6.28. The first-order valence-electron chi connectivity index (χ1n) is 6.28.